The number of fused-ring (bicyclic) bond motifs is 1. The third-order valence-corrected chi connectivity index (χ3v) is 5.93. The molecule has 0 saturated carbocycles. The van der Waals surface area contributed by atoms with Crippen molar-refractivity contribution < 1.29 is 37.1 Å². The molecule has 3 rings (SSSR count). The van der Waals surface area contributed by atoms with Crippen LogP contribution in [0.2, 0.25) is 5.02 Å². The van der Waals surface area contributed by atoms with E-state index in [2.05, 4.69) is 4.98 Å². The number of nitrogens with two attached hydrogens (primary N) is 1. The van der Waals surface area contributed by atoms with Gasteiger partial charge in [-0.25, -0.2) is 0 Å². The molecule has 0 fully saturated rings. The van der Waals surface area contributed by atoms with Crippen LogP contribution >= 0.6 is 11.6 Å². The second-order valence-corrected chi connectivity index (χ2v) is 10.1. The van der Waals surface area contributed by atoms with Crippen LogP contribution in [-0.2, 0) is 20.9 Å². The molecule has 3 N–H and O–H groups in total. The zero-order valence-electron chi connectivity index (χ0n) is 20.8. The van der Waals surface area contributed by atoms with Crippen molar-refractivity contribution in [3.63, 3.8) is 0 Å². The molecule has 3 amide bonds. The highest BCUT2D eigenvalue weighted by Gasteiger charge is 2.44. The summed E-state index contributed by atoms with van der Waals surface area (Å²) in [5.41, 5.74) is 4.52. The largest absolute Gasteiger partial charge is 0.460 e. The van der Waals surface area contributed by atoms with Crippen LogP contribution in [0, 0.1) is 0 Å². The number of nitrogens with zero attached hydrogens (tertiary/aromatic N) is 2. The highest BCUT2D eigenvalue weighted by molar-refractivity contribution is 6.31. The number of aromatic nitrogens is 1. The Morgan fingerprint density at radius 3 is 2.47 bits per heavy atom. The first-order valence-corrected chi connectivity index (χ1v) is 11.9. The lowest BCUT2D eigenvalue weighted by Crippen LogP contribution is -2.45. The molecule has 1 aromatic carbocycles. The molecule has 0 bridgehead atoms. The summed E-state index contributed by atoms with van der Waals surface area (Å²) in [7, 11) is 0. The van der Waals surface area contributed by atoms with Gasteiger partial charge in [0, 0.05) is 30.3 Å². The lowest BCUT2D eigenvalue weighted by atomic mass is 10.0. The molecule has 0 spiro atoms. The van der Waals surface area contributed by atoms with Crippen LogP contribution < -0.4 is 11.1 Å². The first-order chi connectivity index (χ1) is 17.6. The maximum Gasteiger partial charge on any atom is 0.414 e. The molecule has 2 aromatic rings. The van der Waals surface area contributed by atoms with Crippen molar-refractivity contribution in [1.29, 1.82) is 0 Å². The van der Waals surface area contributed by atoms with Gasteiger partial charge in [0.25, 0.3) is 11.8 Å². The summed E-state index contributed by atoms with van der Waals surface area (Å²) in [5, 5.41) is 1.63. The van der Waals surface area contributed by atoms with E-state index < -0.39 is 53.2 Å². The standard InChI is InChI=1S/C25H26ClF3N4O5/c1-24(2,3)38-18(34)9-8-17(21(30)35)33-12-14-11-13(6-7-15(14)23(33)37)22(36)32-20(25(27,28)29)19-16(26)5-4-10-31-19/h4-7,10-11,17,20H,8-9,12H2,1-3H3,(H2,30,35)(H,32,36)/t17-,20+/m0/s1. The number of pyridine rings is 1. The SMILES string of the molecule is CC(C)(C)OC(=O)CC[C@@H](C(N)=O)N1Cc2cc(C(=O)N[C@H](c3ncccc3Cl)C(F)(F)F)ccc2C1=O. The topological polar surface area (TPSA) is 132 Å². The number of hydrogen-bond acceptors (Lipinski definition) is 6. The number of primary amides is 1. The van der Waals surface area contributed by atoms with E-state index in [0.717, 1.165) is 11.1 Å². The molecule has 0 radical (unpaired) electrons. The molecule has 38 heavy (non-hydrogen) atoms. The van der Waals surface area contributed by atoms with Crippen LogP contribution in [-0.4, -0.2) is 51.4 Å². The van der Waals surface area contributed by atoms with Crippen molar-refractivity contribution in [2.75, 3.05) is 0 Å². The minimum absolute atomic E-state index is 0.0879. The van der Waals surface area contributed by atoms with Crippen LogP contribution in [0.3, 0.4) is 0 Å². The number of carbonyl (C=O) groups is 4. The Kier molecular flexibility index (Phi) is 8.35. The first kappa shape index (κ1) is 28.9. The van der Waals surface area contributed by atoms with Gasteiger partial charge >= 0.3 is 12.1 Å². The van der Waals surface area contributed by atoms with Crippen molar-refractivity contribution in [2.24, 2.45) is 5.73 Å². The quantitative estimate of drug-likeness (QED) is 0.478. The summed E-state index contributed by atoms with van der Waals surface area (Å²) in [6.07, 6.45) is -4.03. The van der Waals surface area contributed by atoms with Crippen LogP contribution in [0.15, 0.2) is 36.5 Å². The second kappa shape index (κ2) is 11.0. The van der Waals surface area contributed by atoms with Gasteiger partial charge in [0.2, 0.25) is 5.91 Å². The number of esters is 1. The summed E-state index contributed by atoms with van der Waals surface area (Å²) < 4.78 is 46.4. The molecule has 1 aliphatic rings. The number of benzene rings is 1. The number of amides is 3. The summed E-state index contributed by atoms with van der Waals surface area (Å²) >= 11 is 5.87. The molecule has 2 atom stereocenters. The number of nitrogens with one attached hydrogen (secondary N) is 1. The van der Waals surface area contributed by atoms with Crippen LogP contribution in [0.25, 0.3) is 0 Å². The monoisotopic (exact) mass is 554 g/mol. The number of halogens is 4. The van der Waals surface area contributed by atoms with Crippen LogP contribution in [0.4, 0.5) is 13.2 Å². The molecule has 9 nitrogen and oxygen atoms in total. The van der Waals surface area contributed by atoms with Gasteiger partial charge in [-0.05, 0) is 63.1 Å². The Morgan fingerprint density at radius 2 is 1.89 bits per heavy atom. The number of carbonyl (C=O) groups excluding carboxylic acids is 4. The van der Waals surface area contributed by atoms with Crippen molar-refractivity contribution >= 4 is 35.3 Å². The van der Waals surface area contributed by atoms with Crippen molar-refractivity contribution in [3.8, 4) is 0 Å². The third-order valence-electron chi connectivity index (χ3n) is 5.61. The fourth-order valence-corrected chi connectivity index (χ4v) is 4.20. The van der Waals surface area contributed by atoms with E-state index >= 15 is 0 Å². The van der Waals surface area contributed by atoms with Crippen molar-refractivity contribution in [1.82, 2.24) is 15.2 Å². The molecule has 2 heterocycles. The Balaban J connectivity index is 1.78. The molecule has 1 aromatic heterocycles. The molecular weight excluding hydrogens is 529 g/mol. The number of ether oxygens (including phenoxy) is 1. The Labute approximate surface area is 221 Å². The third kappa shape index (κ3) is 6.80. The van der Waals surface area contributed by atoms with Gasteiger partial charge in [-0.15, -0.1) is 0 Å². The Hall–Kier alpha value is -3.67. The van der Waals surface area contributed by atoms with E-state index in [1.54, 1.807) is 20.8 Å². The fraction of sp³-hybridized carbons (Fsp3) is 0.400. The predicted molar refractivity (Wildman–Crippen MR) is 130 cm³/mol. The Morgan fingerprint density at radius 1 is 1.21 bits per heavy atom. The van der Waals surface area contributed by atoms with Gasteiger partial charge in [-0.2, -0.15) is 13.2 Å². The summed E-state index contributed by atoms with van der Waals surface area (Å²) in [4.78, 5) is 54.8. The zero-order valence-corrected chi connectivity index (χ0v) is 21.5. The maximum atomic E-state index is 13.7. The minimum atomic E-state index is -4.89. The van der Waals surface area contributed by atoms with Gasteiger partial charge < -0.3 is 20.7 Å². The molecule has 13 heteroatoms. The van der Waals surface area contributed by atoms with Gasteiger partial charge in [-0.3, -0.25) is 24.2 Å². The van der Waals surface area contributed by atoms with Gasteiger partial charge in [0.1, 0.15) is 11.6 Å². The summed E-state index contributed by atoms with van der Waals surface area (Å²) in [6.45, 7) is 4.93. The van der Waals surface area contributed by atoms with Crippen LogP contribution in [0.5, 0.6) is 0 Å². The van der Waals surface area contributed by atoms with E-state index in [4.69, 9.17) is 22.1 Å². The summed E-state index contributed by atoms with van der Waals surface area (Å²) in [6, 6.07) is 2.72. The molecule has 1 aliphatic heterocycles. The van der Waals surface area contributed by atoms with E-state index in [1.807, 2.05) is 5.32 Å². The lowest BCUT2D eigenvalue weighted by Gasteiger charge is -2.25. The highest BCUT2D eigenvalue weighted by atomic mass is 35.5. The average Bonchev–Trinajstić information content (AvgIpc) is 3.11. The van der Waals surface area contributed by atoms with Gasteiger partial charge in [0.15, 0.2) is 6.04 Å². The Bertz CT molecular complexity index is 1260. The lowest BCUT2D eigenvalue weighted by molar-refractivity contribution is -0.156. The molecule has 0 saturated heterocycles. The smallest absolute Gasteiger partial charge is 0.414 e. The number of hydrogen-bond donors (Lipinski definition) is 2. The molecule has 204 valence electrons. The van der Waals surface area contributed by atoms with Crippen molar-refractivity contribution in [3.05, 3.63) is 63.9 Å². The predicted octanol–water partition coefficient (Wildman–Crippen LogP) is 3.70. The van der Waals surface area contributed by atoms with E-state index in [0.29, 0.717) is 5.56 Å². The van der Waals surface area contributed by atoms with Crippen LogP contribution in [0.1, 0.15) is 71.6 Å². The minimum Gasteiger partial charge on any atom is -0.460 e. The number of rotatable bonds is 8. The van der Waals surface area contributed by atoms with Gasteiger partial charge in [-0.1, -0.05) is 11.6 Å². The van der Waals surface area contributed by atoms with E-state index in [-0.39, 0.29) is 35.5 Å². The van der Waals surface area contributed by atoms with E-state index in [1.165, 1.54) is 30.3 Å². The van der Waals surface area contributed by atoms with Crippen molar-refractivity contribution in [2.45, 2.75) is 64.0 Å². The first-order valence-electron chi connectivity index (χ1n) is 11.5. The fourth-order valence-electron chi connectivity index (χ4n) is 3.96. The van der Waals surface area contributed by atoms with Gasteiger partial charge in [0.05, 0.1) is 10.7 Å². The summed E-state index contributed by atoms with van der Waals surface area (Å²) in [5.74, 6) is -3.04. The second-order valence-electron chi connectivity index (χ2n) is 9.67. The number of alkyl halides is 3. The maximum absolute atomic E-state index is 13.7. The van der Waals surface area contributed by atoms with E-state index in [9.17, 15) is 32.3 Å². The average molecular weight is 555 g/mol. The molecular formula is C25H26ClF3N4O5. The highest BCUT2D eigenvalue weighted by Crippen LogP contribution is 2.35. The molecule has 0 unspecified atom stereocenters. The normalized spacial score (nSPS) is 15.0. The molecule has 0 aliphatic carbocycles. The zero-order chi connectivity index (χ0) is 28.4.